The van der Waals surface area contributed by atoms with Crippen LogP contribution in [-0.2, 0) is 6.54 Å². The highest BCUT2D eigenvalue weighted by Gasteiger charge is 2.17. The molecule has 1 amide bonds. The molecule has 2 rings (SSSR count). The zero-order valence-electron chi connectivity index (χ0n) is 13.4. The number of amides is 1. The van der Waals surface area contributed by atoms with Gasteiger partial charge >= 0.3 is 0 Å². The lowest BCUT2D eigenvalue weighted by molar-refractivity contribution is 0.0707. The molecule has 23 heavy (non-hydrogen) atoms. The van der Waals surface area contributed by atoms with Gasteiger partial charge in [-0.25, -0.2) is 0 Å². The van der Waals surface area contributed by atoms with Crippen molar-refractivity contribution in [1.29, 1.82) is 0 Å². The standard InChI is InChI=1S/C18H21NO4/c1-22-16-9-8-15(12-17(16)23-2)18(21)19(10-11-20)13-14-6-4-3-5-7-14/h3-9,12,20H,10-11,13H2,1-2H3. The maximum atomic E-state index is 12.7. The number of rotatable bonds is 7. The minimum atomic E-state index is -0.163. The SMILES string of the molecule is COc1ccc(C(=O)N(CCO)Cc2ccccc2)cc1OC. The number of aliphatic hydroxyl groups excluding tert-OH is 1. The second-order valence-electron chi connectivity index (χ2n) is 5.01. The number of benzene rings is 2. The highest BCUT2D eigenvalue weighted by molar-refractivity contribution is 5.95. The van der Waals surface area contributed by atoms with Crippen molar-refractivity contribution in [2.24, 2.45) is 0 Å². The Morgan fingerprint density at radius 1 is 1.04 bits per heavy atom. The summed E-state index contributed by atoms with van der Waals surface area (Å²) in [6.07, 6.45) is 0. The van der Waals surface area contributed by atoms with E-state index in [2.05, 4.69) is 0 Å². The van der Waals surface area contributed by atoms with Gasteiger partial charge in [-0.15, -0.1) is 0 Å². The van der Waals surface area contributed by atoms with E-state index in [9.17, 15) is 9.90 Å². The van der Waals surface area contributed by atoms with Crippen LogP contribution in [0.2, 0.25) is 0 Å². The van der Waals surface area contributed by atoms with Crippen LogP contribution in [-0.4, -0.2) is 43.3 Å². The predicted molar refractivity (Wildman–Crippen MR) is 87.8 cm³/mol. The van der Waals surface area contributed by atoms with Crippen molar-refractivity contribution in [3.63, 3.8) is 0 Å². The highest BCUT2D eigenvalue weighted by Crippen LogP contribution is 2.28. The minimum Gasteiger partial charge on any atom is -0.493 e. The van der Waals surface area contributed by atoms with Gasteiger partial charge in [0.25, 0.3) is 5.91 Å². The topological polar surface area (TPSA) is 59.0 Å². The average molecular weight is 315 g/mol. The van der Waals surface area contributed by atoms with Gasteiger partial charge in [0.15, 0.2) is 11.5 Å². The number of aliphatic hydroxyl groups is 1. The summed E-state index contributed by atoms with van der Waals surface area (Å²) in [5, 5.41) is 9.25. The molecule has 0 unspecified atom stereocenters. The molecule has 122 valence electrons. The van der Waals surface area contributed by atoms with E-state index in [1.165, 1.54) is 7.11 Å². The summed E-state index contributed by atoms with van der Waals surface area (Å²) in [4.78, 5) is 14.3. The molecule has 2 aromatic carbocycles. The van der Waals surface area contributed by atoms with Gasteiger partial charge in [0.1, 0.15) is 0 Å². The maximum absolute atomic E-state index is 12.7. The monoisotopic (exact) mass is 315 g/mol. The van der Waals surface area contributed by atoms with Crippen LogP contribution in [0.4, 0.5) is 0 Å². The fourth-order valence-electron chi connectivity index (χ4n) is 2.33. The van der Waals surface area contributed by atoms with Crippen LogP contribution in [0.5, 0.6) is 11.5 Å². The van der Waals surface area contributed by atoms with E-state index in [1.807, 2.05) is 30.3 Å². The lowest BCUT2D eigenvalue weighted by atomic mass is 10.1. The van der Waals surface area contributed by atoms with Crippen LogP contribution in [0.3, 0.4) is 0 Å². The van der Waals surface area contributed by atoms with Gasteiger partial charge in [-0.3, -0.25) is 4.79 Å². The second kappa shape index (κ2) is 8.19. The second-order valence-corrected chi connectivity index (χ2v) is 5.01. The van der Waals surface area contributed by atoms with Crippen molar-refractivity contribution in [2.75, 3.05) is 27.4 Å². The van der Waals surface area contributed by atoms with Gasteiger partial charge in [-0.2, -0.15) is 0 Å². The molecule has 0 radical (unpaired) electrons. The number of methoxy groups -OCH3 is 2. The fraction of sp³-hybridized carbons (Fsp3) is 0.278. The van der Waals surface area contributed by atoms with Gasteiger partial charge in [-0.1, -0.05) is 30.3 Å². The minimum absolute atomic E-state index is 0.0914. The average Bonchev–Trinajstić information content (AvgIpc) is 2.61. The van der Waals surface area contributed by atoms with Crippen LogP contribution in [0, 0.1) is 0 Å². The molecule has 1 N–H and O–H groups in total. The molecule has 0 aliphatic heterocycles. The van der Waals surface area contributed by atoms with Crippen LogP contribution in [0.1, 0.15) is 15.9 Å². The summed E-state index contributed by atoms with van der Waals surface area (Å²) in [6.45, 7) is 0.614. The zero-order valence-corrected chi connectivity index (χ0v) is 13.4. The van der Waals surface area contributed by atoms with Gasteiger partial charge in [0.2, 0.25) is 0 Å². The summed E-state index contributed by atoms with van der Waals surface area (Å²) >= 11 is 0. The van der Waals surface area contributed by atoms with E-state index in [0.717, 1.165) is 5.56 Å². The number of carbonyl (C=O) groups is 1. The molecule has 0 bridgehead atoms. The first-order chi connectivity index (χ1) is 11.2. The van der Waals surface area contributed by atoms with Gasteiger partial charge < -0.3 is 19.5 Å². The molecule has 0 heterocycles. The molecular formula is C18H21NO4. The summed E-state index contributed by atoms with van der Waals surface area (Å²) in [7, 11) is 3.08. The van der Waals surface area contributed by atoms with Gasteiger partial charge in [-0.05, 0) is 23.8 Å². The van der Waals surface area contributed by atoms with Crippen LogP contribution >= 0.6 is 0 Å². The third kappa shape index (κ3) is 4.23. The predicted octanol–water partition coefficient (Wildman–Crippen LogP) is 2.34. The summed E-state index contributed by atoms with van der Waals surface area (Å²) in [5.41, 5.74) is 1.50. The Morgan fingerprint density at radius 2 is 1.74 bits per heavy atom. The van der Waals surface area contributed by atoms with E-state index in [4.69, 9.17) is 9.47 Å². The number of ether oxygens (including phenoxy) is 2. The fourth-order valence-corrected chi connectivity index (χ4v) is 2.33. The van der Waals surface area contributed by atoms with E-state index >= 15 is 0 Å². The van der Waals surface area contributed by atoms with E-state index in [-0.39, 0.29) is 19.1 Å². The van der Waals surface area contributed by atoms with Crippen molar-refractivity contribution in [1.82, 2.24) is 4.90 Å². The molecule has 0 fully saturated rings. The quantitative estimate of drug-likeness (QED) is 0.852. The van der Waals surface area contributed by atoms with Gasteiger partial charge in [0.05, 0.1) is 20.8 Å². The van der Waals surface area contributed by atoms with E-state index in [1.54, 1.807) is 30.2 Å². The van der Waals surface area contributed by atoms with E-state index < -0.39 is 0 Å². The Bertz CT molecular complexity index is 643. The first-order valence-electron chi connectivity index (χ1n) is 7.35. The Hall–Kier alpha value is -2.53. The maximum Gasteiger partial charge on any atom is 0.254 e. The van der Waals surface area contributed by atoms with Gasteiger partial charge in [0, 0.05) is 18.7 Å². The van der Waals surface area contributed by atoms with Crippen molar-refractivity contribution in [2.45, 2.75) is 6.54 Å². The van der Waals surface area contributed by atoms with Crippen LogP contribution in [0.25, 0.3) is 0 Å². The molecule has 5 heteroatoms. The first kappa shape index (κ1) is 16.8. The van der Waals surface area contributed by atoms with Crippen LogP contribution in [0.15, 0.2) is 48.5 Å². The Balaban J connectivity index is 2.23. The Labute approximate surface area is 136 Å². The molecule has 0 aliphatic rings. The van der Waals surface area contributed by atoms with Crippen molar-refractivity contribution < 1.29 is 19.4 Å². The smallest absolute Gasteiger partial charge is 0.254 e. The Morgan fingerprint density at radius 3 is 2.35 bits per heavy atom. The number of hydrogen-bond acceptors (Lipinski definition) is 4. The molecule has 2 aromatic rings. The summed E-state index contributed by atoms with van der Waals surface area (Å²) in [6, 6.07) is 14.7. The largest absolute Gasteiger partial charge is 0.493 e. The normalized spacial score (nSPS) is 10.2. The first-order valence-corrected chi connectivity index (χ1v) is 7.35. The molecule has 0 atom stereocenters. The molecule has 0 saturated carbocycles. The van der Waals surface area contributed by atoms with Crippen molar-refractivity contribution in [3.05, 3.63) is 59.7 Å². The third-order valence-electron chi connectivity index (χ3n) is 3.50. The number of carbonyl (C=O) groups excluding carboxylic acids is 1. The molecule has 0 aromatic heterocycles. The summed E-state index contributed by atoms with van der Waals surface area (Å²) < 4.78 is 10.4. The summed E-state index contributed by atoms with van der Waals surface area (Å²) in [5.74, 6) is 0.909. The van der Waals surface area contributed by atoms with Crippen LogP contribution < -0.4 is 9.47 Å². The van der Waals surface area contributed by atoms with Crippen molar-refractivity contribution >= 4 is 5.91 Å². The lowest BCUT2D eigenvalue weighted by Crippen LogP contribution is -2.33. The molecule has 5 nitrogen and oxygen atoms in total. The van der Waals surface area contributed by atoms with Crippen molar-refractivity contribution in [3.8, 4) is 11.5 Å². The Kier molecular flexibility index (Phi) is 6.00. The lowest BCUT2D eigenvalue weighted by Gasteiger charge is -2.22. The number of nitrogens with zero attached hydrogens (tertiary/aromatic N) is 1. The molecule has 0 aliphatic carbocycles. The molecule has 0 saturated heterocycles. The zero-order chi connectivity index (χ0) is 16.7. The third-order valence-corrected chi connectivity index (χ3v) is 3.50. The molecule has 0 spiro atoms. The highest BCUT2D eigenvalue weighted by atomic mass is 16.5. The number of hydrogen-bond donors (Lipinski definition) is 1. The van der Waals surface area contributed by atoms with E-state index in [0.29, 0.717) is 23.6 Å². The molecular weight excluding hydrogens is 294 g/mol.